The van der Waals surface area contributed by atoms with Gasteiger partial charge in [0.2, 0.25) is 0 Å². The summed E-state index contributed by atoms with van der Waals surface area (Å²) in [5.41, 5.74) is 2.42. The number of ether oxygens (including phenoxy) is 2. The zero-order chi connectivity index (χ0) is 14.3. The minimum absolute atomic E-state index is 0.158. The fourth-order valence-corrected chi connectivity index (χ4v) is 2.44. The minimum Gasteiger partial charge on any atom is -0.369 e. The summed E-state index contributed by atoms with van der Waals surface area (Å²) in [6.07, 6.45) is 5.44. The summed E-state index contributed by atoms with van der Waals surface area (Å²) in [5.74, 6) is 0. The Morgan fingerprint density at radius 1 is 0.667 bits per heavy atom. The van der Waals surface area contributed by atoms with Gasteiger partial charge in [-0.1, -0.05) is 72.8 Å². The van der Waals surface area contributed by atoms with Crippen LogP contribution >= 0.6 is 0 Å². The Morgan fingerprint density at radius 3 is 1.52 bits per heavy atom. The molecule has 0 N–H and O–H groups in total. The Morgan fingerprint density at radius 2 is 1.10 bits per heavy atom. The molecule has 0 heterocycles. The van der Waals surface area contributed by atoms with Gasteiger partial charge in [-0.15, -0.1) is 0 Å². The molecule has 0 saturated heterocycles. The molecule has 2 nitrogen and oxygen atoms in total. The number of benzene rings is 2. The highest BCUT2D eigenvalue weighted by Gasteiger charge is 2.19. The van der Waals surface area contributed by atoms with E-state index in [1.54, 1.807) is 0 Å². The molecule has 1 aliphatic carbocycles. The van der Waals surface area contributed by atoms with Crippen LogP contribution in [0.5, 0.6) is 0 Å². The lowest BCUT2D eigenvalue weighted by molar-refractivity contribution is 0.0199. The first kappa shape index (κ1) is 14.1. The number of hydrogen-bond acceptors (Lipinski definition) is 2. The quantitative estimate of drug-likeness (QED) is 0.741. The molecule has 2 atom stereocenters. The lowest BCUT2D eigenvalue weighted by Gasteiger charge is -2.14. The summed E-state index contributed by atoms with van der Waals surface area (Å²) in [5, 5.41) is 0. The molecule has 108 valence electrons. The Hall–Kier alpha value is -1.90. The highest BCUT2D eigenvalue weighted by atomic mass is 16.5. The molecule has 1 aliphatic rings. The van der Waals surface area contributed by atoms with E-state index < -0.39 is 0 Å². The van der Waals surface area contributed by atoms with Gasteiger partial charge in [0.05, 0.1) is 25.4 Å². The molecule has 2 aromatic carbocycles. The van der Waals surface area contributed by atoms with E-state index in [4.69, 9.17) is 9.47 Å². The number of rotatable bonds is 6. The maximum absolute atomic E-state index is 5.90. The lowest BCUT2D eigenvalue weighted by Crippen LogP contribution is -2.14. The lowest BCUT2D eigenvalue weighted by atomic mass is 10.2. The van der Waals surface area contributed by atoms with Gasteiger partial charge in [0.25, 0.3) is 0 Å². The van der Waals surface area contributed by atoms with Gasteiger partial charge in [0, 0.05) is 6.42 Å². The van der Waals surface area contributed by atoms with Crippen LogP contribution in [-0.2, 0) is 22.7 Å². The second kappa shape index (κ2) is 7.21. The Bertz CT molecular complexity index is 511. The molecule has 0 radical (unpaired) electrons. The van der Waals surface area contributed by atoms with E-state index in [9.17, 15) is 0 Å². The predicted octanol–water partition coefficient (Wildman–Crippen LogP) is 4.12. The molecule has 0 saturated carbocycles. The van der Waals surface area contributed by atoms with Crippen LogP contribution in [0.15, 0.2) is 72.8 Å². The van der Waals surface area contributed by atoms with Crippen LogP contribution in [0.1, 0.15) is 17.5 Å². The maximum Gasteiger partial charge on any atom is 0.0789 e. The molecule has 21 heavy (non-hydrogen) atoms. The van der Waals surface area contributed by atoms with E-state index >= 15 is 0 Å². The molecule has 2 aromatic rings. The highest BCUT2D eigenvalue weighted by Crippen LogP contribution is 2.19. The zero-order valence-corrected chi connectivity index (χ0v) is 12.0. The van der Waals surface area contributed by atoms with Crippen LogP contribution in [0.3, 0.4) is 0 Å². The molecule has 2 unspecified atom stereocenters. The SMILES string of the molecule is C1=CC(OCc2ccccc2)CC1OCc1ccccc1. The van der Waals surface area contributed by atoms with Crippen LogP contribution in [0.4, 0.5) is 0 Å². The third kappa shape index (κ3) is 4.28. The van der Waals surface area contributed by atoms with Crippen molar-refractivity contribution in [1.82, 2.24) is 0 Å². The topological polar surface area (TPSA) is 18.5 Å². The van der Waals surface area contributed by atoms with Gasteiger partial charge >= 0.3 is 0 Å². The molecule has 0 spiro atoms. The van der Waals surface area contributed by atoms with E-state index in [1.165, 1.54) is 11.1 Å². The monoisotopic (exact) mass is 280 g/mol. The molecule has 3 rings (SSSR count). The fraction of sp³-hybridized carbons (Fsp3) is 0.263. The van der Waals surface area contributed by atoms with Gasteiger partial charge in [-0.3, -0.25) is 0 Å². The van der Waals surface area contributed by atoms with E-state index in [2.05, 4.69) is 36.4 Å². The summed E-state index contributed by atoms with van der Waals surface area (Å²) in [6, 6.07) is 20.5. The third-order valence-corrected chi connectivity index (χ3v) is 3.62. The van der Waals surface area contributed by atoms with Crippen molar-refractivity contribution in [2.24, 2.45) is 0 Å². The Balaban J connectivity index is 1.41. The molecule has 0 aliphatic heterocycles. The van der Waals surface area contributed by atoms with Crippen molar-refractivity contribution in [2.45, 2.75) is 31.8 Å². The van der Waals surface area contributed by atoms with Gasteiger partial charge in [-0.05, 0) is 11.1 Å². The van der Waals surface area contributed by atoms with Crippen molar-refractivity contribution in [3.63, 3.8) is 0 Å². The summed E-state index contributed by atoms with van der Waals surface area (Å²) in [4.78, 5) is 0. The first-order chi connectivity index (χ1) is 10.4. The van der Waals surface area contributed by atoms with Crippen molar-refractivity contribution < 1.29 is 9.47 Å². The molecular formula is C19H20O2. The third-order valence-electron chi connectivity index (χ3n) is 3.62. The summed E-state index contributed by atoms with van der Waals surface area (Å²) < 4.78 is 11.8. The average molecular weight is 280 g/mol. The zero-order valence-electron chi connectivity index (χ0n) is 12.0. The van der Waals surface area contributed by atoms with E-state index in [1.807, 2.05) is 36.4 Å². The second-order valence-corrected chi connectivity index (χ2v) is 5.29. The van der Waals surface area contributed by atoms with Gasteiger partial charge in [-0.25, -0.2) is 0 Å². The smallest absolute Gasteiger partial charge is 0.0789 e. The fourth-order valence-electron chi connectivity index (χ4n) is 2.44. The summed E-state index contributed by atoms with van der Waals surface area (Å²) in [7, 11) is 0. The minimum atomic E-state index is 0.158. The molecule has 0 aromatic heterocycles. The normalized spacial score (nSPS) is 20.8. The summed E-state index contributed by atoms with van der Waals surface area (Å²) in [6.45, 7) is 1.31. The largest absolute Gasteiger partial charge is 0.369 e. The van der Waals surface area contributed by atoms with E-state index in [0.717, 1.165) is 6.42 Å². The van der Waals surface area contributed by atoms with Crippen LogP contribution in [0.2, 0.25) is 0 Å². The van der Waals surface area contributed by atoms with E-state index in [0.29, 0.717) is 13.2 Å². The van der Waals surface area contributed by atoms with Gasteiger partial charge in [-0.2, -0.15) is 0 Å². The molecule has 0 bridgehead atoms. The van der Waals surface area contributed by atoms with Crippen molar-refractivity contribution in [3.05, 3.63) is 83.9 Å². The standard InChI is InChI=1S/C19H20O2/c1-3-7-16(8-4-1)14-20-18-11-12-19(13-18)21-15-17-9-5-2-6-10-17/h1-12,18-19H,13-15H2. The van der Waals surface area contributed by atoms with Crippen molar-refractivity contribution >= 4 is 0 Å². The van der Waals surface area contributed by atoms with Gasteiger partial charge in [0.1, 0.15) is 0 Å². The molecule has 0 amide bonds. The first-order valence-corrected chi connectivity index (χ1v) is 7.39. The molecule has 0 fully saturated rings. The number of hydrogen-bond donors (Lipinski definition) is 0. The highest BCUT2D eigenvalue weighted by molar-refractivity contribution is 5.15. The first-order valence-electron chi connectivity index (χ1n) is 7.39. The van der Waals surface area contributed by atoms with Crippen molar-refractivity contribution in [1.29, 1.82) is 0 Å². The summed E-state index contributed by atoms with van der Waals surface area (Å²) >= 11 is 0. The Kier molecular flexibility index (Phi) is 4.82. The molecule has 2 heteroatoms. The maximum atomic E-state index is 5.90. The van der Waals surface area contributed by atoms with Crippen LogP contribution in [0.25, 0.3) is 0 Å². The molecular weight excluding hydrogens is 260 g/mol. The second-order valence-electron chi connectivity index (χ2n) is 5.29. The van der Waals surface area contributed by atoms with Gasteiger partial charge < -0.3 is 9.47 Å². The average Bonchev–Trinajstić information content (AvgIpc) is 3.01. The van der Waals surface area contributed by atoms with E-state index in [-0.39, 0.29) is 12.2 Å². The van der Waals surface area contributed by atoms with Crippen LogP contribution in [-0.4, -0.2) is 12.2 Å². The van der Waals surface area contributed by atoms with Crippen LogP contribution < -0.4 is 0 Å². The van der Waals surface area contributed by atoms with Crippen LogP contribution in [0, 0.1) is 0 Å². The predicted molar refractivity (Wildman–Crippen MR) is 83.8 cm³/mol. The van der Waals surface area contributed by atoms with Gasteiger partial charge in [0.15, 0.2) is 0 Å². The van der Waals surface area contributed by atoms with Crippen molar-refractivity contribution in [2.75, 3.05) is 0 Å². The Labute approximate surface area is 126 Å². The van der Waals surface area contributed by atoms with Crippen molar-refractivity contribution in [3.8, 4) is 0 Å².